The van der Waals surface area contributed by atoms with Crippen LogP contribution in [0.25, 0.3) is 0 Å². The van der Waals surface area contributed by atoms with E-state index in [1.54, 1.807) is 4.90 Å². The Labute approximate surface area is 113 Å². The summed E-state index contributed by atoms with van der Waals surface area (Å²) in [6.07, 6.45) is 3.14. The highest BCUT2D eigenvalue weighted by Crippen LogP contribution is 2.09. The van der Waals surface area contributed by atoms with Crippen molar-refractivity contribution in [1.29, 1.82) is 0 Å². The van der Waals surface area contributed by atoms with Gasteiger partial charge < -0.3 is 10.0 Å². The molecular weight excluding hydrogens is 272 g/mol. The second-order valence-electron chi connectivity index (χ2n) is 4.61. The number of carbonyl (C=O) groups excluding carboxylic acids is 1. The molecule has 0 aromatic rings. The number of piperidine rings is 1. The SMILES string of the molecule is CC(C(=O)O)S(=O)(=O)NCCC(=O)N1CCCCC1. The monoisotopic (exact) mass is 292 g/mol. The maximum absolute atomic E-state index is 11.8. The van der Waals surface area contributed by atoms with E-state index < -0.39 is 21.2 Å². The molecule has 1 rings (SSSR count). The van der Waals surface area contributed by atoms with E-state index in [0.29, 0.717) is 0 Å². The fraction of sp³-hybridized carbons (Fsp3) is 0.818. The van der Waals surface area contributed by atoms with Crippen LogP contribution in [0.3, 0.4) is 0 Å². The minimum Gasteiger partial charge on any atom is -0.480 e. The quantitative estimate of drug-likeness (QED) is 0.704. The number of rotatable bonds is 6. The van der Waals surface area contributed by atoms with Crippen molar-refractivity contribution in [1.82, 2.24) is 9.62 Å². The number of aliphatic carboxylic acids is 1. The zero-order valence-corrected chi connectivity index (χ0v) is 11.8. The molecule has 1 amide bonds. The lowest BCUT2D eigenvalue weighted by Gasteiger charge is -2.26. The first kappa shape index (κ1) is 15.9. The summed E-state index contributed by atoms with van der Waals surface area (Å²) in [5.41, 5.74) is 0. The molecule has 1 atom stereocenters. The summed E-state index contributed by atoms with van der Waals surface area (Å²) < 4.78 is 25.2. The lowest BCUT2D eigenvalue weighted by molar-refractivity contribution is -0.136. The van der Waals surface area contributed by atoms with Gasteiger partial charge in [0.2, 0.25) is 15.9 Å². The Bertz CT molecular complexity index is 428. The van der Waals surface area contributed by atoms with E-state index >= 15 is 0 Å². The molecule has 1 aliphatic heterocycles. The van der Waals surface area contributed by atoms with Crippen LogP contribution < -0.4 is 4.72 Å². The zero-order chi connectivity index (χ0) is 14.5. The number of carboxylic acid groups (broad SMARTS) is 1. The number of nitrogens with zero attached hydrogens (tertiary/aromatic N) is 1. The number of nitrogens with one attached hydrogen (secondary N) is 1. The van der Waals surface area contributed by atoms with Crippen molar-refractivity contribution in [2.24, 2.45) is 0 Å². The number of amides is 1. The number of carbonyl (C=O) groups is 2. The average Bonchev–Trinajstić information content (AvgIpc) is 2.38. The van der Waals surface area contributed by atoms with Crippen molar-refractivity contribution in [3.63, 3.8) is 0 Å². The number of sulfonamides is 1. The Hall–Kier alpha value is -1.15. The van der Waals surface area contributed by atoms with Crippen LogP contribution in [0, 0.1) is 0 Å². The van der Waals surface area contributed by atoms with Crippen molar-refractivity contribution in [2.75, 3.05) is 19.6 Å². The Kier molecular flexibility index (Phi) is 5.74. The Morgan fingerprint density at radius 2 is 1.84 bits per heavy atom. The van der Waals surface area contributed by atoms with Gasteiger partial charge in [-0.05, 0) is 26.2 Å². The smallest absolute Gasteiger partial charge is 0.323 e. The first-order valence-electron chi connectivity index (χ1n) is 6.33. The van der Waals surface area contributed by atoms with E-state index in [-0.39, 0.29) is 18.9 Å². The minimum absolute atomic E-state index is 0.0602. The maximum atomic E-state index is 11.8. The third kappa shape index (κ3) is 4.79. The predicted molar refractivity (Wildman–Crippen MR) is 69.1 cm³/mol. The first-order valence-corrected chi connectivity index (χ1v) is 7.88. The molecule has 2 N–H and O–H groups in total. The molecule has 1 heterocycles. The molecule has 19 heavy (non-hydrogen) atoms. The first-order chi connectivity index (χ1) is 8.84. The molecule has 1 aliphatic rings. The summed E-state index contributed by atoms with van der Waals surface area (Å²) >= 11 is 0. The van der Waals surface area contributed by atoms with Crippen LogP contribution in [0.1, 0.15) is 32.6 Å². The molecule has 0 radical (unpaired) electrons. The molecule has 7 nitrogen and oxygen atoms in total. The largest absolute Gasteiger partial charge is 0.480 e. The fourth-order valence-corrected chi connectivity index (χ4v) is 2.76. The van der Waals surface area contributed by atoms with Crippen LogP contribution in [-0.2, 0) is 19.6 Å². The average molecular weight is 292 g/mol. The van der Waals surface area contributed by atoms with Gasteiger partial charge in [-0.1, -0.05) is 0 Å². The molecule has 0 saturated carbocycles. The van der Waals surface area contributed by atoms with Crippen molar-refractivity contribution >= 4 is 21.9 Å². The van der Waals surface area contributed by atoms with Crippen LogP contribution in [0.2, 0.25) is 0 Å². The minimum atomic E-state index is -3.91. The van der Waals surface area contributed by atoms with Crippen molar-refractivity contribution in [3.8, 4) is 0 Å². The number of hydrogen-bond donors (Lipinski definition) is 2. The van der Waals surface area contributed by atoms with Crippen LogP contribution in [0.15, 0.2) is 0 Å². The molecule has 0 spiro atoms. The third-order valence-corrected chi connectivity index (χ3v) is 4.90. The van der Waals surface area contributed by atoms with Gasteiger partial charge in [-0.2, -0.15) is 0 Å². The maximum Gasteiger partial charge on any atom is 0.323 e. The van der Waals surface area contributed by atoms with E-state index in [4.69, 9.17) is 5.11 Å². The van der Waals surface area contributed by atoms with Crippen molar-refractivity contribution < 1.29 is 23.1 Å². The summed E-state index contributed by atoms with van der Waals surface area (Å²) in [5.74, 6) is -1.50. The molecule has 0 bridgehead atoms. The number of likely N-dealkylation sites (tertiary alicyclic amines) is 1. The molecule has 8 heteroatoms. The molecule has 0 aliphatic carbocycles. The van der Waals surface area contributed by atoms with Gasteiger partial charge in [0, 0.05) is 26.1 Å². The zero-order valence-electron chi connectivity index (χ0n) is 11.0. The Morgan fingerprint density at radius 3 is 2.37 bits per heavy atom. The topological polar surface area (TPSA) is 104 Å². The summed E-state index contributed by atoms with van der Waals surface area (Å²) in [5, 5.41) is 7.12. The Morgan fingerprint density at radius 1 is 1.26 bits per heavy atom. The lowest BCUT2D eigenvalue weighted by Crippen LogP contribution is -2.41. The summed E-state index contributed by atoms with van der Waals surface area (Å²) in [6, 6.07) is 0. The number of carboxylic acids is 1. The predicted octanol–water partition coefficient (Wildman–Crippen LogP) is -0.219. The second-order valence-corrected chi connectivity index (χ2v) is 6.70. The fourth-order valence-electron chi connectivity index (χ4n) is 1.86. The van der Waals surface area contributed by atoms with Crippen molar-refractivity contribution in [2.45, 2.75) is 37.9 Å². The van der Waals surface area contributed by atoms with E-state index in [9.17, 15) is 18.0 Å². The molecular formula is C11H20N2O5S. The van der Waals surface area contributed by atoms with Gasteiger partial charge in [0.05, 0.1) is 0 Å². The second kappa shape index (κ2) is 6.85. The van der Waals surface area contributed by atoms with Gasteiger partial charge in [0.1, 0.15) is 0 Å². The molecule has 0 aromatic heterocycles. The Balaban J connectivity index is 2.37. The standard InChI is InChI=1S/C11H20N2O5S/c1-9(11(15)16)19(17,18)12-6-5-10(14)13-7-3-2-4-8-13/h9,12H,2-8H2,1H3,(H,15,16). The van der Waals surface area contributed by atoms with E-state index in [0.717, 1.165) is 39.3 Å². The highest BCUT2D eigenvalue weighted by molar-refractivity contribution is 7.90. The van der Waals surface area contributed by atoms with Crippen LogP contribution >= 0.6 is 0 Å². The highest BCUT2D eigenvalue weighted by atomic mass is 32.2. The normalized spacial score (nSPS) is 18.1. The molecule has 1 saturated heterocycles. The molecule has 0 aromatic carbocycles. The van der Waals surface area contributed by atoms with Crippen molar-refractivity contribution in [3.05, 3.63) is 0 Å². The van der Waals surface area contributed by atoms with Crippen LogP contribution in [0.4, 0.5) is 0 Å². The number of hydrogen-bond acceptors (Lipinski definition) is 4. The van der Waals surface area contributed by atoms with Crippen LogP contribution in [0.5, 0.6) is 0 Å². The van der Waals surface area contributed by atoms with E-state index in [1.165, 1.54) is 0 Å². The van der Waals surface area contributed by atoms with Gasteiger partial charge in [-0.15, -0.1) is 0 Å². The molecule has 110 valence electrons. The van der Waals surface area contributed by atoms with E-state index in [1.807, 2.05) is 0 Å². The summed E-state index contributed by atoms with van der Waals surface area (Å²) in [4.78, 5) is 24.1. The lowest BCUT2D eigenvalue weighted by atomic mass is 10.1. The molecule has 1 fully saturated rings. The van der Waals surface area contributed by atoms with E-state index in [2.05, 4.69) is 4.72 Å². The summed E-state index contributed by atoms with van der Waals surface area (Å²) in [7, 11) is -3.91. The highest BCUT2D eigenvalue weighted by Gasteiger charge is 2.27. The van der Waals surface area contributed by atoms with Crippen LogP contribution in [-0.4, -0.2) is 55.2 Å². The third-order valence-electron chi connectivity index (χ3n) is 3.16. The summed E-state index contributed by atoms with van der Waals surface area (Å²) in [6.45, 7) is 2.47. The van der Waals surface area contributed by atoms with Gasteiger partial charge in [-0.25, -0.2) is 13.1 Å². The van der Waals surface area contributed by atoms with Gasteiger partial charge in [0.15, 0.2) is 5.25 Å². The van der Waals surface area contributed by atoms with Gasteiger partial charge >= 0.3 is 5.97 Å². The molecule has 1 unspecified atom stereocenters. The van der Waals surface area contributed by atoms with Gasteiger partial charge in [0.25, 0.3) is 0 Å². The van der Waals surface area contributed by atoms with Gasteiger partial charge in [-0.3, -0.25) is 9.59 Å².